The molecule has 0 spiro atoms. The number of hydrogen-bond donors (Lipinski definition) is 1. The van der Waals surface area contributed by atoms with Gasteiger partial charge >= 0.3 is 0 Å². The van der Waals surface area contributed by atoms with E-state index in [0.29, 0.717) is 6.04 Å². The Morgan fingerprint density at radius 2 is 1.87 bits per heavy atom. The Bertz CT molecular complexity index is 352. The van der Waals surface area contributed by atoms with Gasteiger partial charge in [0.05, 0.1) is 0 Å². The molecule has 1 aromatic rings. The van der Waals surface area contributed by atoms with Crippen molar-refractivity contribution in [3.63, 3.8) is 0 Å². The van der Waals surface area contributed by atoms with Crippen molar-refractivity contribution < 1.29 is 0 Å². The molecule has 0 aliphatic heterocycles. The van der Waals surface area contributed by atoms with Crippen molar-refractivity contribution in [3.05, 3.63) is 29.8 Å². The molecule has 0 unspecified atom stereocenters. The Morgan fingerprint density at radius 1 is 1.27 bits per heavy atom. The molecule has 15 heavy (non-hydrogen) atoms. The predicted molar refractivity (Wildman–Crippen MR) is 68.6 cm³/mol. The highest BCUT2D eigenvalue weighted by atomic mass is 32.1. The fraction of sp³-hybridized carbons (Fsp3) is 0.417. The first-order chi connectivity index (χ1) is 7.16. The van der Waals surface area contributed by atoms with Crippen LogP contribution < -0.4 is 10.2 Å². The molecule has 1 aliphatic rings. The van der Waals surface area contributed by atoms with Gasteiger partial charge in [-0.2, -0.15) is 0 Å². The lowest BCUT2D eigenvalue weighted by atomic mass is 10.2. The molecule has 1 aromatic carbocycles. The Morgan fingerprint density at radius 3 is 2.33 bits per heavy atom. The van der Waals surface area contributed by atoms with Gasteiger partial charge in [-0.1, -0.05) is 12.2 Å². The Kier molecular flexibility index (Phi) is 2.91. The van der Waals surface area contributed by atoms with Crippen molar-refractivity contribution in [2.24, 2.45) is 0 Å². The molecule has 0 aromatic heterocycles. The van der Waals surface area contributed by atoms with Crippen LogP contribution in [0.3, 0.4) is 0 Å². The summed E-state index contributed by atoms with van der Waals surface area (Å²) in [6.07, 6.45) is 2.52. The maximum Gasteiger partial charge on any atom is 0.106 e. The summed E-state index contributed by atoms with van der Waals surface area (Å²) in [7, 11) is 4.07. The van der Waals surface area contributed by atoms with Crippen LogP contribution >= 0.6 is 12.2 Å². The highest BCUT2D eigenvalue weighted by Gasteiger charge is 2.21. The summed E-state index contributed by atoms with van der Waals surface area (Å²) in [5, 5.41) is 3.34. The second kappa shape index (κ2) is 4.19. The summed E-state index contributed by atoms with van der Waals surface area (Å²) in [4.78, 5) is 2.96. The van der Waals surface area contributed by atoms with Crippen molar-refractivity contribution in [1.29, 1.82) is 0 Å². The highest BCUT2D eigenvalue weighted by molar-refractivity contribution is 7.80. The third-order valence-corrected chi connectivity index (χ3v) is 2.91. The third-order valence-electron chi connectivity index (χ3n) is 2.56. The number of nitrogens with one attached hydrogen (secondary N) is 1. The van der Waals surface area contributed by atoms with Crippen LogP contribution in [0, 0.1) is 0 Å². The predicted octanol–water partition coefficient (Wildman–Crippen LogP) is 2.18. The van der Waals surface area contributed by atoms with Crippen LogP contribution in [0.15, 0.2) is 24.3 Å². The molecule has 0 radical (unpaired) electrons. The number of hydrogen-bond acceptors (Lipinski definition) is 2. The van der Waals surface area contributed by atoms with Gasteiger partial charge in [0.25, 0.3) is 0 Å². The van der Waals surface area contributed by atoms with Gasteiger partial charge in [-0.25, -0.2) is 0 Å². The van der Waals surface area contributed by atoms with E-state index in [1.165, 1.54) is 18.5 Å². The molecule has 1 fully saturated rings. The first kappa shape index (κ1) is 10.4. The van der Waals surface area contributed by atoms with Crippen LogP contribution in [0.5, 0.6) is 0 Å². The van der Waals surface area contributed by atoms with E-state index in [1.807, 2.05) is 14.1 Å². The monoisotopic (exact) mass is 220 g/mol. The van der Waals surface area contributed by atoms with Gasteiger partial charge in [-0.3, -0.25) is 0 Å². The molecule has 0 bridgehead atoms. The number of anilines is 1. The van der Waals surface area contributed by atoms with Crippen LogP contribution in [0.4, 0.5) is 5.69 Å². The van der Waals surface area contributed by atoms with Crippen molar-refractivity contribution >= 4 is 22.9 Å². The average molecular weight is 220 g/mol. The molecule has 3 heteroatoms. The second-order valence-electron chi connectivity index (χ2n) is 4.19. The molecule has 0 atom stereocenters. The zero-order valence-corrected chi connectivity index (χ0v) is 9.97. The van der Waals surface area contributed by atoms with Gasteiger partial charge in [-0.05, 0) is 37.1 Å². The number of nitrogens with zero attached hydrogens (tertiary/aromatic N) is 1. The van der Waals surface area contributed by atoms with Crippen LogP contribution in [-0.4, -0.2) is 25.1 Å². The molecule has 0 amide bonds. The zero-order chi connectivity index (χ0) is 10.8. The van der Waals surface area contributed by atoms with Gasteiger partial charge in [0.2, 0.25) is 0 Å². The minimum atomic E-state index is 0.631. The summed E-state index contributed by atoms with van der Waals surface area (Å²) in [6, 6.07) is 8.97. The van der Waals surface area contributed by atoms with Crippen molar-refractivity contribution in [2.45, 2.75) is 18.9 Å². The number of thiocarbonyl (C=S) groups is 1. The van der Waals surface area contributed by atoms with E-state index in [-0.39, 0.29) is 0 Å². The average Bonchev–Trinajstić information content (AvgIpc) is 3.02. The maximum atomic E-state index is 5.32. The summed E-state index contributed by atoms with van der Waals surface area (Å²) in [5.74, 6) is 0. The molecule has 1 aliphatic carbocycles. The van der Waals surface area contributed by atoms with Crippen LogP contribution in [0.2, 0.25) is 0 Å². The lowest BCUT2D eigenvalue weighted by Crippen LogP contribution is -2.24. The summed E-state index contributed by atoms with van der Waals surface area (Å²) < 4.78 is 0. The first-order valence-electron chi connectivity index (χ1n) is 5.25. The van der Waals surface area contributed by atoms with Gasteiger partial charge in [-0.15, -0.1) is 0 Å². The van der Waals surface area contributed by atoms with Crippen LogP contribution in [0.25, 0.3) is 0 Å². The molecular weight excluding hydrogens is 204 g/mol. The molecule has 80 valence electrons. The van der Waals surface area contributed by atoms with Gasteiger partial charge < -0.3 is 10.2 Å². The molecule has 1 N–H and O–H groups in total. The molecule has 2 rings (SSSR count). The van der Waals surface area contributed by atoms with E-state index >= 15 is 0 Å². The molecule has 0 saturated heterocycles. The maximum absolute atomic E-state index is 5.32. The lowest BCUT2D eigenvalue weighted by molar-refractivity contribution is 0.922. The Labute approximate surface area is 96.3 Å². The topological polar surface area (TPSA) is 15.3 Å². The lowest BCUT2D eigenvalue weighted by Gasteiger charge is -2.13. The Hall–Kier alpha value is -1.09. The summed E-state index contributed by atoms with van der Waals surface area (Å²) in [6.45, 7) is 0. The molecule has 0 heterocycles. The van der Waals surface area contributed by atoms with Gasteiger partial charge in [0, 0.05) is 31.4 Å². The Balaban J connectivity index is 2.04. The minimum Gasteiger partial charge on any atom is -0.378 e. The molecular formula is C12H16N2S. The van der Waals surface area contributed by atoms with E-state index in [4.69, 9.17) is 12.2 Å². The summed E-state index contributed by atoms with van der Waals surface area (Å²) >= 11 is 5.32. The van der Waals surface area contributed by atoms with Gasteiger partial charge in [0.15, 0.2) is 0 Å². The van der Waals surface area contributed by atoms with Gasteiger partial charge in [0.1, 0.15) is 4.99 Å². The van der Waals surface area contributed by atoms with E-state index in [2.05, 4.69) is 34.5 Å². The first-order valence-corrected chi connectivity index (χ1v) is 5.66. The third kappa shape index (κ3) is 2.69. The normalized spacial score (nSPS) is 14.8. The SMILES string of the molecule is CN(C)c1ccc(C(=S)NC2CC2)cc1. The largest absolute Gasteiger partial charge is 0.378 e. The standard InChI is InChI=1S/C12H16N2S/c1-14(2)11-7-3-9(4-8-11)12(15)13-10-5-6-10/h3-4,7-8,10H,5-6H2,1-2H3,(H,13,15). The van der Waals surface area contributed by atoms with Crippen molar-refractivity contribution in [3.8, 4) is 0 Å². The van der Waals surface area contributed by atoms with Crippen LogP contribution in [0.1, 0.15) is 18.4 Å². The summed E-state index contributed by atoms with van der Waals surface area (Å²) in [5.41, 5.74) is 2.32. The number of rotatable bonds is 3. The van der Waals surface area contributed by atoms with Crippen molar-refractivity contribution in [2.75, 3.05) is 19.0 Å². The number of benzene rings is 1. The molecule has 2 nitrogen and oxygen atoms in total. The smallest absolute Gasteiger partial charge is 0.106 e. The van der Waals surface area contributed by atoms with Crippen molar-refractivity contribution in [1.82, 2.24) is 5.32 Å². The fourth-order valence-corrected chi connectivity index (χ4v) is 1.71. The van der Waals surface area contributed by atoms with E-state index in [1.54, 1.807) is 0 Å². The van der Waals surface area contributed by atoms with E-state index in [9.17, 15) is 0 Å². The fourth-order valence-electron chi connectivity index (χ4n) is 1.41. The van der Waals surface area contributed by atoms with E-state index in [0.717, 1.165) is 10.6 Å². The second-order valence-corrected chi connectivity index (χ2v) is 4.60. The molecule has 1 saturated carbocycles. The van der Waals surface area contributed by atoms with Crippen LogP contribution in [-0.2, 0) is 0 Å². The zero-order valence-electron chi connectivity index (χ0n) is 9.16. The minimum absolute atomic E-state index is 0.631. The quantitative estimate of drug-likeness (QED) is 0.786. The highest BCUT2D eigenvalue weighted by Crippen LogP contribution is 2.20. The van der Waals surface area contributed by atoms with E-state index < -0.39 is 0 Å².